The first-order chi connectivity index (χ1) is 20.4. The molecule has 0 saturated carbocycles. The van der Waals surface area contributed by atoms with Gasteiger partial charge in [-0.05, 0) is 80.3 Å². The molecule has 0 fully saturated rings. The second-order valence-corrected chi connectivity index (χ2v) is 16.9. The van der Waals surface area contributed by atoms with Crippen LogP contribution in [0.15, 0.2) is 96.1 Å². The summed E-state index contributed by atoms with van der Waals surface area (Å²) < 4.78 is 0. The molecule has 0 bridgehead atoms. The number of hydrogen-bond donors (Lipinski definition) is 0. The van der Waals surface area contributed by atoms with E-state index < -0.39 is 0 Å². The summed E-state index contributed by atoms with van der Waals surface area (Å²) in [6.45, 7) is 18.4. The Labute approximate surface area is 299 Å². The number of fused-ring (bicyclic) bond motifs is 2. The molecule has 0 nitrogen and oxygen atoms in total. The van der Waals surface area contributed by atoms with Crippen molar-refractivity contribution >= 4 is 59.4 Å². The molecule has 0 heterocycles. The predicted molar refractivity (Wildman–Crippen MR) is 206 cm³/mol. The van der Waals surface area contributed by atoms with E-state index in [-0.39, 0.29) is 58.1 Å². The van der Waals surface area contributed by atoms with Gasteiger partial charge in [-0.1, -0.05) is 162 Å². The molecule has 6 rings (SSSR count). The molecule has 224 valence electrons. The normalized spacial score (nSPS) is 17.3. The second kappa shape index (κ2) is 13.9. The van der Waals surface area contributed by atoms with Gasteiger partial charge in [0.05, 0.1) is 0 Å². The summed E-state index contributed by atoms with van der Waals surface area (Å²) >= 11 is 0. The molecule has 4 aromatic rings. The molecule has 0 amide bonds. The fourth-order valence-electron chi connectivity index (χ4n) is 7.34. The van der Waals surface area contributed by atoms with Gasteiger partial charge in [-0.3, -0.25) is 0 Å². The zero-order valence-corrected chi connectivity index (χ0v) is 28.9. The fourth-order valence-corrected chi connectivity index (χ4v) is 9.92. The maximum atomic E-state index is 2.48. The quantitative estimate of drug-likeness (QED) is 0.194. The van der Waals surface area contributed by atoms with Gasteiger partial charge >= 0.3 is 37.7 Å². The first-order valence-corrected chi connectivity index (χ1v) is 18.3. The Morgan fingerprint density at radius 1 is 0.511 bits per heavy atom. The second-order valence-electron chi connectivity index (χ2n) is 15.1. The van der Waals surface area contributed by atoms with Crippen molar-refractivity contribution in [1.82, 2.24) is 0 Å². The van der Waals surface area contributed by atoms with E-state index in [1.165, 1.54) is 56.6 Å². The molecular weight excluding hydrogens is 546 g/mol. The van der Waals surface area contributed by atoms with Crippen LogP contribution in [-0.4, -0.2) is 47.2 Å². The summed E-state index contributed by atoms with van der Waals surface area (Å²) in [5.74, 6) is 1.15. The Bertz CT molecular complexity index is 1580. The van der Waals surface area contributed by atoms with Gasteiger partial charge in [-0.2, -0.15) is 0 Å². The van der Waals surface area contributed by atoms with Crippen LogP contribution in [0, 0.1) is 0 Å². The molecule has 4 aromatic carbocycles. The molecule has 0 radical (unpaired) electrons. The summed E-state index contributed by atoms with van der Waals surface area (Å²) in [6, 6.07) is 35.2. The fraction of sp³-hybridized carbons (Fsp3) is 0.333. The van der Waals surface area contributed by atoms with Crippen LogP contribution in [0.25, 0.3) is 34.4 Å². The molecule has 0 spiro atoms. The van der Waals surface area contributed by atoms with E-state index >= 15 is 0 Å². The monoisotopic (exact) mass is 596 g/mol. The van der Waals surface area contributed by atoms with Crippen molar-refractivity contribution in [2.45, 2.75) is 90.1 Å². The maximum absolute atomic E-state index is 2.48. The summed E-state index contributed by atoms with van der Waals surface area (Å²) in [5, 5.41) is 0. The zero-order valence-electron chi connectivity index (χ0n) is 27.5. The average Bonchev–Trinajstić information content (AvgIpc) is 3.47. The van der Waals surface area contributed by atoms with Gasteiger partial charge in [0, 0.05) is 21.4 Å². The predicted octanol–water partition coefficient (Wildman–Crippen LogP) is 10.0. The van der Waals surface area contributed by atoms with Crippen LogP contribution in [0.2, 0.25) is 12.1 Å². The Kier molecular flexibility index (Phi) is 11.0. The number of rotatable bonds is 6. The Morgan fingerprint density at radius 2 is 0.867 bits per heavy atom. The molecule has 3 heteroatoms. The van der Waals surface area contributed by atoms with Crippen molar-refractivity contribution in [3.8, 4) is 22.3 Å². The Morgan fingerprint density at radius 3 is 1.20 bits per heavy atom. The zero-order chi connectivity index (χ0) is 30.5. The molecule has 2 atom stereocenters. The minimum absolute atomic E-state index is 0. The third kappa shape index (κ3) is 7.20. The van der Waals surface area contributed by atoms with Gasteiger partial charge in [-0.15, -0.1) is 0 Å². The van der Waals surface area contributed by atoms with Crippen LogP contribution in [0.5, 0.6) is 0 Å². The van der Waals surface area contributed by atoms with E-state index in [4.69, 9.17) is 0 Å². The van der Waals surface area contributed by atoms with Gasteiger partial charge in [0.25, 0.3) is 0 Å². The van der Waals surface area contributed by atoms with E-state index in [0.717, 1.165) is 0 Å². The standard InChI is InChI=1S/C42H48Si.2Li.2H/c1-27-23-37-33(29-15-19-31(20-16-29)41(3,4)5)11-9-13-35(37)39(27)25-43-26-40-28(2)24-38-34(12-10-14-36(38)40)30-17-21-32(22-18-30)42(6,7)8;;;;/h9-24,39-40H,25-26,43H2,1-8H3;;;;. The molecule has 0 N–H and O–H groups in total. The van der Waals surface area contributed by atoms with Gasteiger partial charge in [0.15, 0.2) is 0 Å². The average molecular weight is 597 g/mol. The summed E-state index contributed by atoms with van der Waals surface area (Å²) in [6.07, 6.45) is 4.96. The van der Waals surface area contributed by atoms with Crippen LogP contribution in [0.3, 0.4) is 0 Å². The molecule has 0 aromatic heterocycles. The van der Waals surface area contributed by atoms with Crippen molar-refractivity contribution in [3.05, 3.63) is 129 Å². The third-order valence-corrected chi connectivity index (χ3v) is 12.0. The SMILES string of the molecule is CC1=Cc2c(-c3ccc(C(C)(C)C)cc3)cccc2C1C[SiH2]CC1C(C)=Cc2c(-c3ccc(C(C)(C)C)cc3)cccc21.[LiH].[LiH]. The van der Waals surface area contributed by atoms with Crippen molar-refractivity contribution in [2.75, 3.05) is 0 Å². The van der Waals surface area contributed by atoms with Crippen molar-refractivity contribution in [2.24, 2.45) is 0 Å². The number of hydrogen-bond acceptors (Lipinski definition) is 0. The topological polar surface area (TPSA) is 0 Å². The van der Waals surface area contributed by atoms with Crippen LogP contribution >= 0.6 is 0 Å². The summed E-state index contributed by atoms with van der Waals surface area (Å²) in [4.78, 5) is 0. The van der Waals surface area contributed by atoms with Crippen LogP contribution in [-0.2, 0) is 10.8 Å². The van der Waals surface area contributed by atoms with E-state index in [1.807, 2.05) is 0 Å². The minimum atomic E-state index is -0.264. The van der Waals surface area contributed by atoms with Crippen LogP contribution in [0.1, 0.15) is 101 Å². The first kappa shape index (κ1) is 35.6. The Hall–Kier alpha value is -2.23. The van der Waals surface area contributed by atoms with E-state index in [9.17, 15) is 0 Å². The number of benzene rings is 4. The van der Waals surface area contributed by atoms with E-state index in [1.54, 1.807) is 22.3 Å². The molecule has 2 unspecified atom stereocenters. The van der Waals surface area contributed by atoms with Gasteiger partial charge in [0.1, 0.15) is 0 Å². The molecule has 0 saturated heterocycles. The van der Waals surface area contributed by atoms with Crippen molar-refractivity contribution in [3.63, 3.8) is 0 Å². The summed E-state index contributed by atoms with van der Waals surface area (Å²) in [7, 11) is -0.264. The molecule has 2 aliphatic carbocycles. The molecular formula is C42H50Li2Si. The first-order valence-electron chi connectivity index (χ1n) is 16.3. The van der Waals surface area contributed by atoms with Crippen molar-refractivity contribution in [1.29, 1.82) is 0 Å². The van der Waals surface area contributed by atoms with Crippen molar-refractivity contribution < 1.29 is 0 Å². The van der Waals surface area contributed by atoms with Gasteiger partial charge in [-0.25, -0.2) is 0 Å². The number of allylic oxidation sites excluding steroid dienone is 2. The van der Waals surface area contributed by atoms with Crippen LogP contribution < -0.4 is 0 Å². The summed E-state index contributed by atoms with van der Waals surface area (Å²) in [5.41, 5.74) is 17.6. The van der Waals surface area contributed by atoms with Gasteiger partial charge < -0.3 is 0 Å². The van der Waals surface area contributed by atoms with Crippen LogP contribution in [0.4, 0.5) is 0 Å². The Balaban J connectivity index is 0.00000230. The molecule has 2 aliphatic rings. The van der Waals surface area contributed by atoms with E-state index in [2.05, 4.69) is 152 Å². The molecule has 45 heavy (non-hydrogen) atoms. The van der Waals surface area contributed by atoms with Gasteiger partial charge in [0.2, 0.25) is 0 Å². The molecule has 0 aliphatic heterocycles. The third-order valence-electron chi connectivity index (χ3n) is 9.98. The van der Waals surface area contributed by atoms with E-state index in [0.29, 0.717) is 11.8 Å².